The zero-order valence-electron chi connectivity index (χ0n) is 19.1. The van der Waals surface area contributed by atoms with E-state index in [1.54, 1.807) is 30.3 Å². The van der Waals surface area contributed by atoms with E-state index in [1.165, 1.54) is 11.8 Å². The number of nitrogens with one attached hydrogen (secondary N) is 1. The van der Waals surface area contributed by atoms with E-state index < -0.39 is 0 Å². The van der Waals surface area contributed by atoms with Gasteiger partial charge in [0.05, 0.1) is 17.5 Å². The minimum absolute atomic E-state index is 0.199. The number of carbonyl (C=O) groups is 2. The Hall–Kier alpha value is -3.04. The number of rotatable bonds is 8. The van der Waals surface area contributed by atoms with Gasteiger partial charge in [-0.05, 0) is 42.7 Å². The van der Waals surface area contributed by atoms with E-state index in [-0.39, 0.29) is 23.8 Å². The van der Waals surface area contributed by atoms with Gasteiger partial charge in [-0.15, -0.1) is 10.2 Å². The van der Waals surface area contributed by atoms with Crippen molar-refractivity contribution in [2.24, 2.45) is 28.9 Å². The summed E-state index contributed by atoms with van der Waals surface area (Å²) in [4.78, 5) is 33.8. The van der Waals surface area contributed by atoms with Crippen molar-refractivity contribution < 1.29 is 9.59 Å². The molecule has 0 fully saturated rings. The minimum Gasteiger partial charge on any atom is -0.342 e. The Morgan fingerprint density at radius 1 is 1.18 bits per heavy atom. The molecular weight excluding hydrogens is 472 g/mol. The molecule has 2 aliphatic rings. The zero-order chi connectivity index (χ0) is 24.2. The zero-order valence-corrected chi connectivity index (χ0v) is 20.7. The van der Waals surface area contributed by atoms with Gasteiger partial charge < -0.3 is 9.88 Å². The van der Waals surface area contributed by atoms with Crippen molar-refractivity contribution in [3.63, 3.8) is 0 Å². The molecule has 0 saturated heterocycles. The lowest BCUT2D eigenvalue weighted by molar-refractivity contribution is -0.118. The monoisotopic (exact) mass is 496 g/mol. The van der Waals surface area contributed by atoms with E-state index in [1.807, 2.05) is 29.8 Å². The maximum atomic E-state index is 12.8. The van der Waals surface area contributed by atoms with Crippen molar-refractivity contribution in [1.82, 2.24) is 20.1 Å². The van der Waals surface area contributed by atoms with Crippen molar-refractivity contribution in [3.05, 3.63) is 65.0 Å². The van der Waals surface area contributed by atoms with Gasteiger partial charge >= 0.3 is 0 Å². The van der Waals surface area contributed by atoms with Gasteiger partial charge in [-0.1, -0.05) is 55.4 Å². The Balaban J connectivity index is 1.47. The van der Waals surface area contributed by atoms with Crippen molar-refractivity contribution in [2.45, 2.75) is 31.5 Å². The van der Waals surface area contributed by atoms with Crippen LogP contribution < -0.4 is 5.32 Å². The molecule has 176 valence electrons. The second-order valence-electron chi connectivity index (χ2n) is 8.48. The normalized spacial score (nSPS) is 17.9. The number of carbonyl (C=O) groups excluding carboxylic acids is 2. The largest absolute Gasteiger partial charge is 0.342 e. The third-order valence-electron chi connectivity index (χ3n) is 5.39. The fraction of sp³-hybridized carbons (Fsp3) is 0.333. The van der Waals surface area contributed by atoms with E-state index in [0.29, 0.717) is 51.2 Å². The van der Waals surface area contributed by atoms with Gasteiger partial charge in [-0.25, -0.2) is 4.99 Å². The second-order valence-corrected chi connectivity index (χ2v) is 9.85. The SMILES string of the molecule is CC(C)C[C@@H](NC(=O)c1ccc(Cl)cc1)c1nnc(SCC2=NC(=O)C3C=CC=CC3=N2)n1C. The van der Waals surface area contributed by atoms with Crippen LogP contribution >= 0.6 is 23.4 Å². The number of nitrogens with zero attached hydrogens (tertiary/aromatic N) is 5. The lowest BCUT2D eigenvalue weighted by atomic mass is 9.97. The summed E-state index contributed by atoms with van der Waals surface area (Å²) in [6.07, 6.45) is 8.03. The first-order valence-electron chi connectivity index (χ1n) is 10.9. The van der Waals surface area contributed by atoms with Crippen molar-refractivity contribution in [3.8, 4) is 0 Å². The van der Waals surface area contributed by atoms with Crippen LogP contribution in [0.25, 0.3) is 0 Å². The van der Waals surface area contributed by atoms with Crippen LogP contribution in [0.2, 0.25) is 5.02 Å². The van der Waals surface area contributed by atoms with E-state index in [9.17, 15) is 9.59 Å². The van der Waals surface area contributed by atoms with Gasteiger partial charge in [0.2, 0.25) is 0 Å². The van der Waals surface area contributed by atoms with Crippen LogP contribution in [-0.4, -0.2) is 43.9 Å². The molecule has 34 heavy (non-hydrogen) atoms. The number of amidine groups is 1. The quantitative estimate of drug-likeness (QED) is 0.552. The first-order valence-corrected chi connectivity index (χ1v) is 12.3. The maximum Gasteiger partial charge on any atom is 0.260 e. The lowest BCUT2D eigenvalue weighted by Crippen LogP contribution is -2.31. The highest BCUT2D eigenvalue weighted by molar-refractivity contribution is 7.99. The molecule has 1 unspecified atom stereocenters. The van der Waals surface area contributed by atoms with E-state index in [4.69, 9.17) is 11.6 Å². The lowest BCUT2D eigenvalue weighted by Gasteiger charge is -2.20. The summed E-state index contributed by atoms with van der Waals surface area (Å²) >= 11 is 7.34. The minimum atomic E-state index is -0.388. The highest BCUT2D eigenvalue weighted by atomic mass is 35.5. The summed E-state index contributed by atoms with van der Waals surface area (Å²) in [6, 6.07) is 6.45. The highest BCUT2D eigenvalue weighted by Gasteiger charge is 2.27. The number of aromatic nitrogens is 3. The predicted octanol–water partition coefficient (Wildman–Crippen LogP) is 4.20. The van der Waals surface area contributed by atoms with Crippen LogP contribution in [0.4, 0.5) is 0 Å². The summed E-state index contributed by atoms with van der Waals surface area (Å²) in [5.41, 5.74) is 1.23. The number of thioether (sulfide) groups is 1. The molecule has 1 aromatic carbocycles. The van der Waals surface area contributed by atoms with Crippen molar-refractivity contribution in [2.75, 3.05) is 5.75 Å². The van der Waals surface area contributed by atoms with Crippen LogP contribution in [0.5, 0.6) is 0 Å². The number of fused-ring (bicyclic) bond motifs is 1. The molecular formula is C24H25ClN6O2S. The van der Waals surface area contributed by atoms with Gasteiger partial charge in [0.1, 0.15) is 11.8 Å². The molecule has 0 spiro atoms. The molecule has 2 heterocycles. The van der Waals surface area contributed by atoms with Crippen LogP contribution in [-0.2, 0) is 11.8 Å². The van der Waals surface area contributed by atoms with E-state index in [0.717, 1.165) is 0 Å². The summed E-state index contributed by atoms with van der Waals surface area (Å²) in [5.74, 6) is 1.04. The molecule has 0 bridgehead atoms. The number of hydrogen-bond acceptors (Lipinski definition) is 6. The second kappa shape index (κ2) is 10.5. The molecule has 0 radical (unpaired) electrons. The number of aliphatic imine (C=N–C) groups is 2. The van der Waals surface area contributed by atoms with Crippen LogP contribution in [0.15, 0.2) is 63.7 Å². The number of hydrogen-bond donors (Lipinski definition) is 1. The predicted molar refractivity (Wildman–Crippen MR) is 134 cm³/mol. The molecule has 8 nitrogen and oxygen atoms in total. The third-order valence-corrected chi connectivity index (χ3v) is 6.66. The van der Waals surface area contributed by atoms with Gasteiger partial charge in [-0.3, -0.25) is 9.59 Å². The summed E-state index contributed by atoms with van der Waals surface area (Å²) < 4.78 is 1.87. The Morgan fingerprint density at radius 2 is 1.94 bits per heavy atom. The number of halogens is 1. The Morgan fingerprint density at radius 3 is 2.68 bits per heavy atom. The summed E-state index contributed by atoms with van der Waals surface area (Å²) in [5, 5.41) is 13.0. The van der Waals surface area contributed by atoms with Crippen LogP contribution in [0, 0.1) is 11.8 Å². The maximum absolute atomic E-state index is 12.8. The fourth-order valence-corrected chi connectivity index (χ4v) is 4.61. The first-order chi connectivity index (χ1) is 16.3. The number of benzene rings is 1. The van der Waals surface area contributed by atoms with Crippen LogP contribution in [0.3, 0.4) is 0 Å². The molecule has 2 atom stereocenters. The topological polar surface area (TPSA) is 102 Å². The average Bonchev–Trinajstić information content (AvgIpc) is 3.17. The van der Waals surface area contributed by atoms with Gasteiger partial charge in [0.15, 0.2) is 11.0 Å². The molecule has 2 aromatic rings. The third kappa shape index (κ3) is 5.53. The summed E-state index contributed by atoms with van der Waals surface area (Å²) in [7, 11) is 1.86. The van der Waals surface area contributed by atoms with Gasteiger partial charge in [-0.2, -0.15) is 4.99 Å². The molecule has 1 aliphatic heterocycles. The smallest absolute Gasteiger partial charge is 0.260 e. The van der Waals surface area contributed by atoms with Gasteiger partial charge in [0, 0.05) is 17.6 Å². The Bertz CT molecular complexity index is 1210. The van der Waals surface area contributed by atoms with Crippen molar-refractivity contribution >= 4 is 46.7 Å². The number of allylic oxidation sites excluding steroid dienone is 3. The van der Waals surface area contributed by atoms with E-state index in [2.05, 4.69) is 39.3 Å². The molecule has 2 amide bonds. The molecule has 1 aromatic heterocycles. The molecule has 4 rings (SSSR count). The standard InChI is InChI=1S/C24H25ClN6O2S/c1-14(2)12-19(27-22(32)15-8-10-16(25)11-9-15)21-29-30-24(31(21)3)34-13-20-26-18-7-5-4-6-17(18)23(33)28-20/h4-11,14,17,19H,12-13H2,1-3H3,(H,27,32)/t17?,19-/m1/s1. The molecule has 1 N–H and O–H groups in total. The molecule has 0 saturated carbocycles. The average molecular weight is 497 g/mol. The fourth-order valence-electron chi connectivity index (χ4n) is 3.71. The van der Waals surface area contributed by atoms with E-state index >= 15 is 0 Å². The van der Waals surface area contributed by atoms with Gasteiger partial charge in [0.25, 0.3) is 11.8 Å². The number of amides is 2. The molecule has 1 aliphatic carbocycles. The summed E-state index contributed by atoms with van der Waals surface area (Å²) in [6.45, 7) is 4.18. The first kappa shape index (κ1) is 24.1. The van der Waals surface area contributed by atoms with Crippen LogP contribution in [0.1, 0.15) is 42.5 Å². The molecule has 10 heteroatoms. The van der Waals surface area contributed by atoms with Crippen molar-refractivity contribution in [1.29, 1.82) is 0 Å². The highest BCUT2D eigenvalue weighted by Crippen LogP contribution is 2.25. The Kier molecular flexibility index (Phi) is 7.43. The Labute approximate surface area is 207 Å².